The number of nitrogens with two attached hydrogens (primary N) is 1. The van der Waals surface area contributed by atoms with Crippen molar-refractivity contribution in [1.82, 2.24) is 47.1 Å². The molecule has 2 aliphatic heterocycles. The van der Waals surface area contributed by atoms with Crippen LogP contribution in [0.3, 0.4) is 0 Å². The van der Waals surface area contributed by atoms with Crippen molar-refractivity contribution in [1.29, 1.82) is 0 Å². The fourth-order valence-electron chi connectivity index (χ4n) is 8.90. The van der Waals surface area contributed by atoms with Crippen LogP contribution in [-0.4, -0.2) is 118 Å². The van der Waals surface area contributed by atoms with Gasteiger partial charge in [0.2, 0.25) is 53.2 Å². The Labute approximate surface area is 400 Å². The number of hydrogen-bond acceptors (Lipinski definition) is 9. The number of H-pyrrole nitrogens is 1. The molecular formula is C50H64N10O9. The predicted molar refractivity (Wildman–Crippen MR) is 258 cm³/mol. The SMILES string of the molecule is CCCC[C@H](NC(C)=O)C(=O)N[C@H]1CC(=O)NCCCC[C@@H](C(N)=O)NC(=O)[C@H](Cc2c[nH]c3ccccc23)NC(=O)[C@@H]2CCCN2C(=O)[C@@H](Cc2ccc3ccccc3c2)NC(=O)[C@H](C)NC1=O. The first-order chi connectivity index (χ1) is 33.1. The summed E-state index contributed by atoms with van der Waals surface area (Å²) in [4.78, 5) is 128. The van der Waals surface area contributed by atoms with Gasteiger partial charge in [0.15, 0.2) is 0 Å². The van der Waals surface area contributed by atoms with E-state index in [1.165, 1.54) is 18.7 Å². The van der Waals surface area contributed by atoms with Crippen LogP contribution >= 0.6 is 0 Å². The summed E-state index contributed by atoms with van der Waals surface area (Å²) in [5.41, 5.74) is 8.02. The van der Waals surface area contributed by atoms with E-state index in [1.807, 2.05) is 73.7 Å². The predicted octanol–water partition coefficient (Wildman–Crippen LogP) is 1.41. The molecule has 3 aromatic carbocycles. The smallest absolute Gasteiger partial charge is 0.246 e. The van der Waals surface area contributed by atoms with Gasteiger partial charge in [0, 0.05) is 50.0 Å². The molecule has 1 aromatic heterocycles. The Hall–Kier alpha value is -7.31. The van der Waals surface area contributed by atoms with E-state index in [0.29, 0.717) is 31.2 Å². The van der Waals surface area contributed by atoms with Crippen LogP contribution in [0.4, 0.5) is 0 Å². The summed E-state index contributed by atoms with van der Waals surface area (Å²) in [5.74, 6) is -6.06. The topological polar surface area (TPSA) is 283 Å². The van der Waals surface area contributed by atoms with Gasteiger partial charge in [-0.05, 0) is 73.4 Å². The summed E-state index contributed by atoms with van der Waals surface area (Å²) in [6, 6.07) is 12.3. The second kappa shape index (κ2) is 24.1. The maximum atomic E-state index is 14.8. The highest BCUT2D eigenvalue weighted by atomic mass is 16.2. The molecule has 19 heteroatoms. The van der Waals surface area contributed by atoms with Crippen LogP contribution in [0.1, 0.15) is 89.7 Å². The Morgan fingerprint density at radius 1 is 0.797 bits per heavy atom. The van der Waals surface area contributed by atoms with E-state index in [4.69, 9.17) is 5.73 Å². The molecule has 2 saturated heterocycles. The van der Waals surface area contributed by atoms with Crippen LogP contribution in [0.25, 0.3) is 21.7 Å². The molecule has 4 aromatic rings. The van der Waals surface area contributed by atoms with E-state index < -0.39 is 102 Å². The van der Waals surface area contributed by atoms with Crippen molar-refractivity contribution in [3.05, 3.63) is 84.1 Å². The third-order valence-corrected chi connectivity index (χ3v) is 12.7. The number of hydrogen-bond donors (Lipinski definition) is 9. The third kappa shape index (κ3) is 13.9. The van der Waals surface area contributed by atoms with Gasteiger partial charge in [-0.1, -0.05) is 80.4 Å². The number of nitrogens with zero attached hydrogens (tertiary/aromatic N) is 1. The second-order valence-corrected chi connectivity index (χ2v) is 18.0. The van der Waals surface area contributed by atoms with Crippen LogP contribution in [-0.2, 0) is 56.0 Å². The summed E-state index contributed by atoms with van der Waals surface area (Å²) in [6.45, 7) is 4.83. The highest BCUT2D eigenvalue weighted by Crippen LogP contribution is 2.24. The average molecular weight is 949 g/mol. The minimum Gasteiger partial charge on any atom is -0.368 e. The van der Waals surface area contributed by atoms with E-state index in [0.717, 1.165) is 33.7 Å². The van der Waals surface area contributed by atoms with Crippen molar-refractivity contribution in [2.75, 3.05) is 13.1 Å². The molecule has 7 atom stereocenters. The zero-order valence-electron chi connectivity index (χ0n) is 39.4. The van der Waals surface area contributed by atoms with E-state index in [2.05, 4.69) is 42.2 Å². The van der Waals surface area contributed by atoms with Gasteiger partial charge in [-0.2, -0.15) is 0 Å². The molecule has 2 aliphatic rings. The minimum atomic E-state index is -1.49. The molecule has 368 valence electrons. The van der Waals surface area contributed by atoms with Crippen molar-refractivity contribution < 1.29 is 43.2 Å². The normalized spacial score (nSPS) is 23.1. The average Bonchev–Trinajstić information content (AvgIpc) is 3.99. The number of para-hydroxylation sites is 1. The molecule has 3 heterocycles. The molecule has 0 unspecified atom stereocenters. The van der Waals surface area contributed by atoms with Gasteiger partial charge in [-0.15, -0.1) is 0 Å². The lowest BCUT2D eigenvalue weighted by atomic mass is 10.00. The Kier molecular flexibility index (Phi) is 17.9. The molecule has 10 N–H and O–H groups in total. The van der Waals surface area contributed by atoms with E-state index in [-0.39, 0.29) is 45.2 Å². The highest BCUT2D eigenvalue weighted by molar-refractivity contribution is 5.99. The second-order valence-electron chi connectivity index (χ2n) is 18.0. The van der Waals surface area contributed by atoms with Crippen LogP contribution in [0.5, 0.6) is 0 Å². The molecule has 9 amide bonds. The number of carbonyl (C=O) groups is 9. The van der Waals surface area contributed by atoms with Gasteiger partial charge >= 0.3 is 0 Å². The zero-order chi connectivity index (χ0) is 49.6. The first kappa shape index (κ1) is 51.1. The number of amides is 9. The van der Waals surface area contributed by atoms with Crippen molar-refractivity contribution in [3.63, 3.8) is 0 Å². The number of carbonyl (C=O) groups excluding carboxylic acids is 9. The van der Waals surface area contributed by atoms with E-state index in [9.17, 15) is 43.2 Å². The molecule has 0 aliphatic carbocycles. The maximum Gasteiger partial charge on any atom is 0.246 e. The highest BCUT2D eigenvalue weighted by Gasteiger charge is 2.40. The van der Waals surface area contributed by atoms with Gasteiger partial charge in [0.1, 0.15) is 42.3 Å². The molecule has 2 fully saturated rings. The summed E-state index contributed by atoms with van der Waals surface area (Å²) < 4.78 is 0. The van der Waals surface area contributed by atoms with Gasteiger partial charge in [0.25, 0.3) is 0 Å². The fourth-order valence-corrected chi connectivity index (χ4v) is 8.90. The van der Waals surface area contributed by atoms with Gasteiger partial charge in [-0.3, -0.25) is 43.2 Å². The van der Waals surface area contributed by atoms with Gasteiger partial charge < -0.3 is 52.8 Å². The Morgan fingerprint density at radius 3 is 2.29 bits per heavy atom. The largest absolute Gasteiger partial charge is 0.368 e. The van der Waals surface area contributed by atoms with Crippen molar-refractivity contribution >= 4 is 74.8 Å². The molecule has 69 heavy (non-hydrogen) atoms. The first-order valence-electron chi connectivity index (χ1n) is 23.8. The molecule has 0 radical (unpaired) electrons. The van der Waals surface area contributed by atoms with E-state index >= 15 is 0 Å². The monoisotopic (exact) mass is 948 g/mol. The number of nitrogens with one attached hydrogen (secondary N) is 8. The fraction of sp³-hybridized carbons (Fsp3) is 0.460. The summed E-state index contributed by atoms with van der Waals surface area (Å²) in [6.07, 6.45) is 4.25. The molecule has 6 rings (SSSR count). The number of aromatic amines is 1. The van der Waals surface area contributed by atoms with Gasteiger partial charge in [-0.25, -0.2) is 0 Å². The third-order valence-electron chi connectivity index (χ3n) is 12.7. The van der Waals surface area contributed by atoms with Crippen molar-refractivity contribution in [3.8, 4) is 0 Å². The van der Waals surface area contributed by atoms with Gasteiger partial charge in [0.05, 0.1) is 6.42 Å². The summed E-state index contributed by atoms with van der Waals surface area (Å²) >= 11 is 0. The Morgan fingerprint density at radius 2 is 1.54 bits per heavy atom. The van der Waals surface area contributed by atoms with Crippen LogP contribution in [0.15, 0.2) is 72.9 Å². The molecule has 0 saturated carbocycles. The number of fused-ring (bicyclic) bond motifs is 3. The van der Waals surface area contributed by atoms with Crippen molar-refractivity contribution in [2.45, 2.75) is 134 Å². The lowest BCUT2D eigenvalue weighted by molar-refractivity contribution is -0.142. The van der Waals surface area contributed by atoms with Crippen molar-refractivity contribution in [2.24, 2.45) is 5.73 Å². The van der Waals surface area contributed by atoms with E-state index in [1.54, 1.807) is 6.20 Å². The first-order valence-corrected chi connectivity index (χ1v) is 23.8. The maximum absolute atomic E-state index is 14.8. The zero-order valence-corrected chi connectivity index (χ0v) is 39.4. The molecule has 19 nitrogen and oxygen atoms in total. The molecule has 0 bridgehead atoms. The lowest BCUT2D eigenvalue weighted by Gasteiger charge is -2.31. The lowest BCUT2D eigenvalue weighted by Crippen LogP contribution is -2.60. The summed E-state index contributed by atoms with van der Waals surface area (Å²) in [5, 5.41) is 21.6. The number of primary amides is 1. The number of unbranched alkanes of at least 4 members (excludes halogenated alkanes) is 1. The quantitative estimate of drug-likeness (QED) is 0.105. The standard InChI is InChI=1S/C50H64N10O9/c1-4-5-16-38(55-30(3)61)46(65)57-40-27-43(62)52-22-11-10-18-37(44(51)63)56-48(67)39(26-34-28-53-36-17-9-8-15-35(34)36)58-49(68)42-19-12-23-60(42)50(69)41(59-45(64)29(2)54-47(40)66)25-31-20-21-32-13-6-7-14-33(32)24-31/h6-9,13-15,17,20-21,24,28-29,37-42,53H,4-5,10-12,16,18-19,22-23,25-27H2,1-3H3,(H2,51,63)(H,52,62)(H,54,66)(H,55,61)(H,56,67)(H,57,65)(H,58,68)(H,59,64)/t29-,37-,38-,39-,40-,41+,42-/m0/s1. The summed E-state index contributed by atoms with van der Waals surface area (Å²) in [7, 11) is 0. The Balaban J connectivity index is 1.32. The van der Waals surface area contributed by atoms with Crippen LogP contribution in [0, 0.1) is 0 Å². The number of rotatable bonds is 11. The molecular weight excluding hydrogens is 885 g/mol. The van der Waals surface area contributed by atoms with Crippen LogP contribution in [0.2, 0.25) is 0 Å². The molecule has 0 spiro atoms. The minimum absolute atomic E-state index is 0.00215. The number of aromatic nitrogens is 1. The number of benzene rings is 3. The van der Waals surface area contributed by atoms with Crippen LogP contribution < -0.4 is 43.0 Å². The Bertz CT molecular complexity index is 2540.